The smallest absolute Gasteiger partial charge is 0.272 e. The van der Waals surface area contributed by atoms with Crippen LogP contribution in [0.25, 0.3) is 0 Å². The minimum Gasteiger partial charge on any atom is -0.378 e. The summed E-state index contributed by atoms with van der Waals surface area (Å²) in [4.78, 5) is 23.1. The molecule has 2 rings (SSSR count). The van der Waals surface area contributed by atoms with E-state index in [9.17, 15) is 14.9 Å². The zero-order valence-electron chi connectivity index (χ0n) is 14.4. The zero-order valence-corrected chi connectivity index (χ0v) is 14.4. The number of para-hydroxylation sites is 1. The monoisotopic (exact) mass is 335 g/mol. The van der Waals surface area contributed by atoms with Crippen molar-refractivity contribution in [2.45, 2.75) is 45.3 Å². The van der Waals surface area contributed by atoms with Crippen LogP contribution < -0.4 is 11.1 Å². The van der Waals surface area contributed by atoms with E-state index in [1.165, 1.54) is 6.07 Å². The molecule has 3 N–H and O–H groups in total. The summed E-state index contributed by atoms with van der Waals surface area (Å²) >= 11 is 0. The number of carbonyl (C=O) groups is 1. The number of hydrogen-bond donors (Lipinski definition) is 2. The Kier molecular flexibility index (Phi) is 5.25. The molecule has 0 spiro atoms. The van der Waals surface area contributed by atoms with Gasteiger partial charge in [-0.15, -0.1) is 0 Å². The second-order valence-electron chi connectivity index (χ2n) is 6.73. The quantitative estimate of drug-likeness (QED) is 0.583. The number of amides is 1. The molecule has 1 saturated carbocycles. The second kappa shape index (κ2) is 6.86. The summed E-state index contributed by atoms with van der Waals surface area (Å²) in [5.41, 5.74) is 5.53. The molecule has 1 fully saturated rings. The number of nitrogens with zero attached hydrogens (tertiary/aromatic N) is 1. The first-order valence-corrected chi connectivity index (χ1v) is 8.15. The van der Waals surface area contributed by atoms with Gasteiger partial charge in [-0.25, -0.2) is 0 Å². The molecule has 0 radical (unpaired) electrons. The summed E-state index contributed by atoms with van der Waals surface area (Å²) in [5, 5.41) is 13.8. The van der Waals surface area contributed by atoms with E-state index < -0.39 is 15.9 Å². The Balaban J connectivity index is 1.94. The predicted octanol–water partition coefficient (Wildman–Crippen LogP) is 1.79. The van der Waals surface area contributed by atoms with Gasteiger partial charge in [-0.1, -0.05) is 32.0 Å². The third-order valence-electron chi connectivity index (χ3n) is 5.10. The van der Waals surface area contributed by atoms with Gasteiger partial charge in [0, 0.05) is 36.6 Å². The Hall–Kier alpha value is -1.99. The van der Waals surface area contributed by atoms with E-state index in [0.717, 1.165) is 0 Å². The largest absolute Gasteiger partial charge is 0.378 e. The summed E-state index contributed by atoms with van der Waals surface area (Å²) in [6.07, 6.45) is 0.827. The fourth-order valence-corrected chi connectivity index (χ4v) is 3.19. The van der Waals surface area contributed by atoms with Crippen molar-refractivity contribution in [3.63, 3.8) is 0 Å². The van der Waals surface area contributed by atoms with Gasteiger partial charge in [-0.2, -0.15) is 0 Å². The van der Waals surface area contributed by atoms with Crippen molar-refractivity contribution in [2.24, 2.45) is 11.1 Å². The number of benzene rings is 1. The number of hydrogen-bond acceptors (Lipinski definition) is 5. The average molecular weight is 335 g/mol. The topological polar surface area (TPSA) is 107 Å². The molecule has 0 aromatic heterocycles. The molecular formula is C17H25N3O4. The molecule has 132 valence electrons. The lowest BCUT2D eigenvalue weighted by Gasteiger charge is -2.57. The van der Waals surface area contributed by atoms with Crippen LogP contribution in [0.2, 0.25) is 0 Å². The fourth-order valence-electron chi connectivity index (χ4n) is 3.19. The van der Waals surface area contributed by atoms with Crippen molar-refractivity contribution < 1.29 is 14.5 Å². The molecule has 1 aliphatic rings. The molecule has 1 amide bonds. The van der Waals surface area contributed by atoms with E-state index >= 15 is 0 Å². The van der Waals surface area contributed by atoms with Crippen LogP contribution >= 0.6 is 0 Å². The molecule has 7 heteroatoms. The van der Waals surface area contributed by atoms with E-state index in [4.69, 9.17) is 10.5 Å². The van der Waals surface area contributed by atoms with Gasteiger partial charge in [-0.05, 0) is 13.3 Å². The predicted molar refractivity (Wildman–Crippen MR) is 90.5 cm³/mol. The van der Waals surface area contributed by atoms with Crippen LogP contribution in [0.5, 0.6) is 0 Å². The van der Waals surface area contributed by atoms with Crippen molar-refractivity contribution >= 4 is 11.6 Å². The van der Waals surface area contributed by atoms with Gasteiger partial charge in [0.2, 0.25) is 5.91 Å². The first kappa shape index (κ1) is 18.4. The Morgan fingerprint density at radius 3 is 2.71 bits per heavy atom. The SMILES string of the molecule is CCOC1CC(N)(C(=O)NCCc2ccccc2[N+](=O)[O-])C1(C)C. The maximum Gasteiger partial charge on any atom is 0.272 e. The molecule has 0 heterocycles. The van der Waals surface area contributed by atoms with Crippen molar-refractivity contribution in [1.29, 1.82) is 0 Å². The van der Waals surface area contributed by atoms with E-state index in [0.29, 0.717) is 31.6 Å². The number of carbonyl (C=O) groups excluding carboxylic acids is 1. The van der Waals surface area contributed by atoms with E-state index in [2.05, 4.69) is 5.32 Å². The summed E-state index contributed by atoms with van der Waals surface area (Å²) in [6.45, 7) is 6.66. The first-order valence-electron chi connectivity index (χ1n) is 8.15. The van der Waals surface area contributed by atoms with Gasteiger partial charge >= 0.3 is 0 Å². The molecule has 24 heavy (non-hydrogen) atoms. The Bertz CT molecular complexity index is 632. The summed E-state index contributed by atoms with van der Waals surface area (Å²) < 4.78 is 5.62. The highest BCUT2D eigenvalue weighted by Crippen LogP contribution is 2.49. The molecule has 2 unspecified atom stereocenters. The lowest BCUT2D eigenvalue weighted by Crippen LogP contribution is -2.75. The van der Waals surface area contributed by atoms with Crippen LogP contribution in [0, 0.1) is 15.5 Å². The van der Waals surface area contributed by atoms with Crippen LogP contribution in [-0.2, 0) is 16.0 Å². The third kappa shape index (κ3) is 3.14. The van der Waals surface area contributed by atoms with Gasteiger partial charge < -0.3 is 15.8 Å². The number of nitrogens with two attached hydrogens (primary N) is 1. The van der Waals surface area contributed by atoms with Crippen molar-refractivity contribution in [3.8, 4) is 0 Å². The maximum atomic E-state index is 12.5. The Labute approximate surface area is 141 Å². The molecule has 1 aliphatic carbocycles. The Morgan fingerprint density at radius 1 is 1.46 bits per heavy atom. The average Bonchev–Trinajstić information content (AvgIpc) is 2.54. The standard InChI is InChI=1S/C17H25N3O4/c1-4-24-14-11-17(18,16(14,2)3)15(21)19-10-9-12-7-5-6-8-13(12)20(22)23/h5-8,14H,4,9-11,18H2,1-3H3,(H,19,21). The van der Waals surface area contributed by atoms with Gasteiger partial charge in [-0.3, -0.25) is 14.9 Å². The highest BCUT2D eigenvalue weighted by atomic mass is 16.6. The highest BCUT2D eigenvalue weighted by molar-refractivity contribution is 5.88. The van der Waals surface area contributed by atoms with Crippen LogP contribution in [-0.4, -0.2) is 35.6 Å². The maximum absolute atomic E-state index is 12.5. The fraction of sp³-hybridized carbons (Fsp3) is 0.588. The second-order valence-corrected chi connectivity index (χ2v) is 6.73. The summed E-state index contributed by atoms with van der Waals surface area (Å²) in [5.74, 6) is -0.234. The van der Waals surface area contributed by atoms with E-state index in [1.807, 2.05) is 20.8 Å². The lowest BCUT2D eigenvalue weighted by molar-refractivity contribution is -0.385. The molecule has 7 nitrogen and oxygen atoms in total. The zero-order chi connectivity index (χ0) is 18.0. The van der Waals surface area contributed by atoms with Crippen molar-refractivity contribution in [1.82, 2.24) is 5.32 Å². The summed E-state index contributed by atoms with van der Waals surface area (Å²) in [6, 6.07) is 6.53. The molecule has 2 atom stereocenters. The van der Waals surface area contributed by atoms with Crippen LogP contribution in [0.4, 0.5) is 5.69 Å². The first-order chi connectivity index (χ1) is 11.2. The van der Waals surface area contributed by atoms with Crippen molar-refractivity contribution in [3.05, 3.63) is 39.9 Å². The molecule has 1 aromatic rings. The van der Waals surface area contributed by atoms with Gasteiger partial charge in [0.1, 0.15) is 5.54 Å². The van der Waals surface area contributed by atoms with Crippen LogP contribution in [0.1, 0.15) is 32.8 Å². The van der Waals surface area contributed by atoms with Crippen LogP contribution in [0.15, 0.2) is 24.3 Å². The number of nitro groups is 1. The lowest BCUT2D eigenvalue weighted by atomic mass is 9.54. The van der Waals surface area contributed by atoms with Gasteiger partial charge in [0.25, 0.3) is 5.69 Å². The normalized spacial score (nSPS) is 24.9. The third-order valence-corrected chi connectivity index (χ3v) is 5.10. The minimum absolute atomic E-state index is 0.0338. The minimum atomic E-state index is -0.977. The van der Waals surface area contributed by atoms with Gasteiger partial charge in [0.15, 0.2) is 0 Å². The number of nitro benzene ring substituents is 1. The number of rotatable bonds is 7. The molecule has 0 saturated heterocycles. The molecule has 0 bridgehead atoms. The van der Waals surface area contributed by atoms with E-state index in [1.54, 1.807) is 18.2 Å². The Morgan fingerprint density at radius 2 is 2.12 bits per heavy atom. The van der Waals surface area contributed by atoms with E-state index in [-0.39, 0.29) is 17.7 Å². The van der Waals surface area contributed by atoms with Gasteiger partial charge in [0.05, 0.1) is 11.0 Å². The van der Waals surface area contributed by atoms with Crippen molar-refractivity contribution in [2.75, 3.05) is 13.2 Å². The van der Waals surface area contributed by atoms with Crippen LogP contribution in [0.3, 0.4) is 0 Å². The molecule has 1 aromatic carbocycles. The summed E-state index contributed by atoms with van der Waals surface area (Å²) in [7, 11) is 0. The molecular weight excluding hydrogens is 310 g/mol. The number of nitrogens with one attached hydrogen (secondary N) is 1. The molecule has 0 aliphatic heterocycles. The number of ether oxygens (including phenoxy) is 1. The highest BCUT2D eigenvalue weighted by Gasteiger charge is 2.62.